The first-order valence-corrected chi connectivity index (χ1v) is 8.50. The van der Waals surface area contributed by atoms with Gasteiger partial charge in [-0.25, -0.2) is 4.79 Å². The molecule has 1 aliphatic carbocycles. The van der Waals surface area contributed by atoms with Crippen molar-refractivity contribution in [1.29, 1.82) is 0 Å². The van der Waals surface area contributed by atoms with Gasteiger partial charge in [-0.1, -0.05) is 17.7 Å². The van der Waals surface area contributed by atoms with Gasteiger partial charge in [-0.2, -0.15) is 0 Å². The second-order valence-electron chi connectivity index (χ2n) is 6.53. The maximum absolute atomic E-state index is 12.2. The second kappa shape index (κ2) is 8.03. The van der Waals surface area contributed by atoms with E-state index in [1.54, 1.807) is 19.9 Å². The lowest BCUT2D eigenvalue weighted by atomic mass is 9.89. The van der Waals surface area contributed by atoms with Gasteiger partial charge >= 0.3 is 5.97 Å². The van der Waals surface area contributed by atoms with Crippen LogP contribution in [0.15, 0.2) is 41.5 Å². The van der Waals surface area contributed by atoms with Crippen LogP contribution in [0.2, 0.25) is 0 Å². The zero-order valence-electron chi connectivity index (χ0n) is 15.7. The van der Waals surface area contributed by atoms with Gasteiger partial charge in [0.15, 0.2) is 11.6 Å². The van der Waals surface area contributed by atoms with Gasteiger partial charge in [0.2, 0.25) is 0 Å². The number of aromatic hydroxyl groups is 2. The number of rotatable bonds is 5. The highest BCUT2D eigenvalue weighted by molar-refractivity contribution is 6.24. The number of ketones is 2. The second-order valence-corrected chi connectivity index (χ2v) is 6.53. The van der Waals surface area contributed by atoms with Gasteiger partial charge in [0, 0.05) is 17.6 Å². The van der Waals surface area contributed by atoms with E-state index in [9.17, 15) is 24.6 Å². The van der Waals surface area contributed by atoms with Crippen molar-refractivity contribution in [3.63, 3.8) is 0 Å². The third kappa shape index (κ3) is 4.16. The Balaban J connectivity index is 2.59. The normalized spacial score (nSPS) is 14.6. The van der Waals surface area contributed by atoms with Crippen molar-refractivity contribution in [2.45, 2.75) is 40.2 Å². The summed E-state index contributed by atoms with van der Waals surface area (Å²) in [4.78, 5) is 36.4. The molecule has 0 radical (unpaired) electrons. The van der Waals surface area contributed by atoms with E-state index in [0.29, 0.717) is 5.57 Å². The van der Waals surface area contributed by atoms with Gasteiger partial charge in [0.1, 0.15) is 17.6 Å². The van der Waals surface area contributed by atoms with Crippen LogP contribution < -0.4 is 0 Å². The smallest absolute Gasteiger partial charge is 0.334 e. The van der Waals surface area contributed by atoms with Crippen LogP contribution in [-0.2, 0) is 9.53 Å². The summed E-state index contributed by atoms with van der Waals surface area (Å²) in [5.74, 6) is -2.67. The topological polar surface area (TPSA) is 101 Å². The molecule has 27 heavy (non-hydrogen) atoms. The zero-order chi connectivity index (χ0) is 20.3. The molecule has 1 aromatic carbocycles. The first-order chi connectivity index (χ1) is 12.7. The minimum absolute atomic E-state index is 0.0671. The Morgan fingerprint density at radius 2 is 1.70 bits per heavy atom. The van der Waals surface area contributed by atoms with E-state index in [4.69, 9.17) is 4.74 Å². The molecular weight excluding hydrogens is 348 g/mol. The maximum Gasteiger partial charge on any atom is 0.334 e. The molecule has 2 rings (SSSR count). The summed E-state index contributed by atoms with van der Waals surface area (Å²) in [5.41, 5.74) is 0.888. The average Bonchev–Trinajstić information content (AvgIpc) is 2.62. The van der Waals surface area contributed by atoms with E-state index in [-0.39, 0.29) is 23.1 Å². The first-order valence-electron chi connectivity index (χ1n) is 8.50. The molecule has 0 aliphatic heterocycles. The van der Waals surface area contributed by atoms with Crippen molar-refractivity contribution in [3.05, 3.63) is 58.2 Å². The van der Waals surface area contributed by atoms with Gasteiger partial charge in [-0.15, -0.1) is 0 Å². The Hall–Kier alpha value is -3.15. The largest absolute Gasteiger partial charge is 0.507 e. The van der Waals surface area contributed by atoms with Gasteiger partial charge in [-0.3, -0.25) is 9.59 Å². The fraction of sp³-hybridized carbons (Fsp3) is 0.286. The number of phenolic OH excluding ortho intramolecular Hbond substituents is 2. The van der Waals surface area contributed by atoms with Crippen LogP contribution in [0.25, 0.3) is 0 Å². The quantitative estimate of drug-likeness (QED) is 0.352. The van der Waals surface area contributed by atoms with Crippen molar-refractivity contribution in [2.24, 2.45) is 0 Å². The first kappa shape index (κ1) is 20.2. The van der Waals surface area contributed by atoms with E-state index in [2.05, 4.69) is 0 Å². The molecule has 0 heterocycles. The lowest BCUT2D eigenvalue weighted by Crippen LogP contribution is -2.16. The summed E-state index contributed by atoms with van der Waals surface area (Å²) in [5, 5.41) is 20.9. The van der Waals surface area contributed by atoms with Crippen LogP contribution in [0.3, 0.4) is 0 Å². The maximum atomic E-state index is 12.2. The predicted molar refractivity (Wildman–Crippen MR) is 99.9 cm³/mol. The number of hydrogen-bond acceptors (Lipinski definition) is 6. The Morgan fingerprint density at radius 3 is 2.26 bits per heavy atom. The highest BCUT2D eigenvalue weighted by Gasteiger charge is 2.31. The van der Waals surface area contributed by atoms with Crippen LogP contribution >= 0.6 is 0 Å². The van der Waals surface area contributed by atoms with Crippen molar-refractivity contribution in [2.75, 3.05) is 0 Å². The number of carbonyl (C=O) groups excluding carboxylic acids is 3. The standard InChI is InChI=1S/C21H22O6/c1-5-12(4)21(26)27-17(9-6-11(2)3)13-10-16(24)18-14(22)7-8-15(23)19(18)20(13)25/h5-8,10,17,24-25H,9H2,1-4H3/b12-5-/t17-/m0/s1. The van der Waals surface area contributed by atoms with E-state index < -0.39 is 35.1 Å². The predicted octanol–water partition coefficient (Wildman–Crippen LogP) is 3.94. The number of allylic oxidation sites excluding steroid dienone is 4. The summed E-state index contributed by atoms with van der Waals surface area (Å²) < 4.78 is 5.49. The molecule has 1 aliphatic rings. The van der Waals surface area contributed by atoms with E-state index >= 15 is 0 Å². The van der Waals surface area contributed by atoms with Crippen LogP contribution in [-0.4, -0.2) is 27.7 Å². The van der Waals surface area contributed by atoms with Crippen LogP contribution in [0, 0.1) is 0 Å². The molecular formula is C21H22O6. The number of ether oxygens (including phenoxy) is 1. The van der Waals surface area contributed by atoms with Crippen molar-refractivity contribution in [3.8, 4) is 11.5 Å². The fourth-order valence-corrected chi connectivity index (χ4v) is 2.65. The van der Waals surface area contributed by atoms with E-state index in [1.165, 1.54) is 6.07 Å². The SMILES string of the molecule is C/C=C(/C)C(=O)O[C@@H](CC=C(C)C)c1cc(O)c2c(c1O)C(=O)C=CC2=O. The fourth-order valence-electron chi connectivity index (χ4n) is 2.65. The molecule has 2 N–H and O–H groups in total. The molecule has 1 aromatic rings. The summed E-state index contributed by atoms with van der Waals surface area (Å²) >= 11 is 0. The summed E-state index contributed by atoms with van der Waals surface area (Å²) in [6.45, 7) is 7.03. The van der Waals surface area contributed by atoms with Gasteiger partial charge < -0.3 is 14.9 Å². The Bertz CT molecular complexity index is 898. The molecule has 6 heteroatoms. The molecule has 0 fully saturated rings. The van der Waals surface area contributed by atoms with Crippen LogP contribution in [0.4, 0.5) is 0 Å². The Kier molecular flexibility index (Phi) is 6.00. The molecule has 0 saturated heterocycles. The van der Waals surface area contributed by atoms with Crippen LogP contribution in [0.1, 0.15) is 66.5 Å². The molecule has 142 valence electrons. The van der Waals surface area contributed by atoms with Crippen molar-refractivity contribution >= 4 is 17.5 Å². The van der Waals surface area contributed by atoms with Crippen molar-refractivity contribution in [1.82, 2.24) is 0 Å². The molecule has 0 amide bonds. The summed E-state index contributed by atoms with van der Waals surface area (Å²) in [7, 11) is 0. The minimum atomic E-state index is -0.938. The van der Waals surface area contributed by atoms with Gasteiger partial charge in [0.25, 0.3) is 0 Å². The number of carbonyl (C=O) groups is 3. The number of hydrogen-bond donors (Lipinski definition) is 2. The number of phenols is 2. The number of fused-ring (bicyclic) bond motifs is 1. The van der Waals surface area contributed by atoms with Gasteiger partial charge in [0.05, 0.1) is 11.1 Å². The lowest BCUT2D eigenvalue weighted by molar-refractivity contribution is -0.144. The Morgan fingerprint density at radius 1 is 1.11 bits per heavy atom. The lowest BCUT2D eigenvalue weighted by Gasteiger charge is -2.22. The van der Waals surface area contributed by atoms with Crippen LogP contribution in [0.5, 0.6) is 11.5 Å². The molecule has 1 atom stereocenters. The monoisotopic (exact) mass is 370 g/mol. The van der Waals surface area contributed by atoms with Crippen molar-refractivity contribution < 1.29 is 29.3 Å². The number of benzene rings is 1. The third-order valence-corrected chi connectivity index (χ3v) is 4.28. The summed E-state index contributed by atoms with van der Waals surface area (Å²) in [6, 6.07) is 1.17. The van der Waals surface area contributed by atoms with E-state index in [1.807, 2.05) is 19.9 Å². The Labute approximate surface area is 157 Å². The molecule has 0 unspecified atom stereocenters. The molecule has 0 aromatic heterocycles. The molecule has 0 spiro atoms. The molecule has 0 saturated carbocycles. The van der Waals surface area contributed by atoms with Gasteiger partial charge in [-0.05, 0) is 45.9 Å². The molecule has 6 nitrogen and oxygen atoms in total. The summed E-state index contributed by atoms with van der Waals surface area (Å²) in [6.07, 6.45) is 4.78. The molecule has 0 bridgehead atoms. The highest BCUT2D eigenvalue weighted by atomic mass is 16.5. The average molecular weight is 370 g/mol. The highest BCUT2D eigenvalue weighted by Crippen LogP contribution is 2.41. The van der Waals surface area contributed by atoms with E-state index in [0.717, 1.165) is 17.7 Å². The number of esters is 1. The third-order valence-electron chi connectivity index (χ3n) is 4.28. The minimum Gasteiger partial charge on any atom is -0.507 e. The zero-order valence-corrected chi connectivity index (χ0v) is 15.7.